The number of urea groups is 1. The van der Waals surface area contributed by atoms with Crippen molar-refractivity contribution >= 4 is 12.0 Å². The Hall–Kier alpha value is -1.70. The molecule has 0 radical (unpaired) electrons. The van der Waals surface area contributed by atoms with Crippen LogP contribution < -0.4 is 5.32 Å². The number of hydrogen-bond donors (Lipinski definition) is 2. The van der Waals surface area contributed by atoms with Gasteiger partial charge in [-0.1, -0.05) is 26.7 Å². The van der Waals surface area contributed by atoms with Crippen molar-refractivity contribution in [3.63, 3.8) is 0 Å². The van der Waals surface area contributed by atoms with E-state index in [0.29, 0.717) is 6.54 Å². The van der Waals surface area contributed by atoms with E-state index in [1.165, 1.54) is 4.90 Å². The summed E-state index contributed by atoms with van der Waals surface area (Å²) >= 11 is 0. The molecule has 0 heterocycles. The van der Waals surface area contributed by atoms with Crippen molar-refractivity contribution in [2.24, 2.45) is 5.92 Å². The summed E-state index contributed by atoms with van der Waals surface area (Å²) in [6.07, 6.45) is 5.93. The number of terminal acetylenes is 1. The minimum absolute atomic E-state index is 0.175. The lowest BCUT2D eigenvalue weighted by atomic mass is 10.1. The highest BCUT2D eigenvalue weighted by molar-refractivity contribution is 5.82. The van der Waals surface area contributed by atoms with Crippen molar-refractivity contribution in [3.8, 4) is 12.3 Å². The third kappa shape index (κ3) is 5.25. The van der Waals surface area contributed by atoms with Gasteiger partial charge in [0.15, 0.2) is 0 Å². The molecule has 0 saturated heterocycles. The molecular weight excluding hydrogens is 220 g/mol. The Labute approximate surface area is 102 Å². The number of carbonyl (C=O) groups is 2. The molecule has 0 aromatic rings. The molecule has 0 saturated carbocycles. The standard InChI is InChI=1S/C12H20N2O3/c1-5-7-14(8-6-2)12(17)13-10(9(3)4)11(15)16/h1,9-10H,6-8H2,2-4H3,(H,13,17)(H,15,16)/t10-/m0/s1. The summed E-state index contributed by atoms with van der Waals surface area (Å²) in [5, 5.41) is 11.4. The summed E-state index contributed by atoms with van der Waals surface area (Å²) in [6.45, 7) is 6.10. The number of nitrogens with one attached hydrogen (secondary N) is 1. The summed E-state index contributed by atoms with van der Waals surface area (Å²) in [6, 6.07) is -1.31. The quantitative estimate of drug-likeness (QED) is 0.684. The lowest BCUT2D eigenvalue weighted by Crippen LogP contribution is -2.50. The number of carbonyl (C=O) groups excluding carboxylic acids is 1. The Morgan fingerprint density at radius 3 is 2.41 bits per heavy atom. The van der Waals surface area contributed by atoms with E-state index in [0.717, 1.165) is 6.42 Å². The number of nitrogens with zero attached hydrogens (tertiary/aromatic N) is 1. The zero-order valence-corrected chi connectivity index (χ0v) is 10.6. The molecule has 0 fully saturated rings. The van der Waals surface area contributed by atoms with Crippen LogP contribution in [0, 0.1) is 18.3 Å². The lowest BCUT2D eigenvalue weighted by molar-refractivity contribution is -0.140. The second-order valence-corrected chi connectivity index (χ2v) is 4.14. The summed E-state index contributed by atoms with van der Waals surface area (Å²) in [5.41, 5.74) is 0. The van der Waals surface area contributed by atoms with Crippen molar-refractivity contribution in [2.45, 2.75) is 33.2 Å². The van der Waals surface area contributed by atoms with Gasteiger partial charge in [-0.2, -0.15) is 0 Å². The maximum Gasteiger partial charge on any atom is 0.326 e. The zero-order valence-electron chi connectivity index (χ0n) is 10.6. The van der Waals surface area contributed by atoms with Gasteiger partial charge in [0.2, 0.25) is 0 Å². The van der Waals surface area contributed by atoms with Crippen LogP contribution >= 0.6 is 0 Å². The maximum absolute atomic E-state index is 11.8. The Kier molecular flexibility index (Phi) is 6.80. The van der Waals surface area contributed by atoms with E-state index in [-0.39, 0.29) is 12.5 Å². The average Bonchev–Trinajstić information content (AvgIpc) is 2.24. The van der Waals surface area contributed by atoms with Crippen LogP contribution in [-0.4, -0.2) is 41.1 Å². The molecule has 0 unspecified atom stereocenters. The molecule has 5 heteroatoms. The molecule has 0 aromatic carbocycles. The van der Waals surface area contributed by atoms with Crippen LogP contribution in [0.3, 0.4) is 0 Å². The van der Waals surface area contributed by atoms with Crippen LogP contribution in [0.4, 0.5) is 4.79 Å². The monoisotopic (exact) mass is 240 g/mol. The van der Waals surface area contributed by atoms with Crippen LogP contribution in [0.15, 0.2) is 0 Å². The normalized spacial score (nSPS) is 11.7. The Bertz CT molecular complexity index is 307. The van der Waals surface area contributed by atoms with Gasteiger partial charge in [0.1, 0.15) is 6.04 Å². The molecule has 0 rings (SSSR count). The molecule has 0 aliphatic heterocycles. The fourth-order valence-corrected chi connectivity index (χ4v) is 1.37. The van der Waals surface area contributed by atoms with Gasteiger partial charge < -0.3 is 15.3 Å². The fraction of sp³-hybridized carbons (Fsp3) is 0.667. The largest absolute Gasteiger partial charge is 0.480 e. The summed E-state index contributed by atoms with van der Waals surface area (Å²) in [5.74, 6) is 1.17. The highest BCUT2D eigenvalue weighted by atomic mass is 16.4. The predicted octanol–water partition coefficient (Wildman–Crippen LogP) is 1.15. The number of amides is 2. The van der Waals surface area contributed by atoms with Crippen LogP contribution in [0.5, 0.6) is 0 Å². The van der Waals surface area contributed by atoms with Crippen LogP contribution in [-0.2, 0) is 4.79 Å². The molecule has 2 N–H and O–H groups in total. The fourth-order valence-electron chi connectivity index (χ4n) is 1.37. The van der Waals surface area contributed by atoms with Crippen LogP contribution in [0.2, 0.25) is 0 Å². The van der Waals surface area contributed by atoms with Gasteiger partial charge in [0.05, 0.1) is 6.54 Å². The average molecular weight is 240 g/mol. The summed E-state index contributed by atoms with van der Waals surface area (Å²) in [4.78, 5) is 24.2. The van der Waals surface area contributed by atoms with Gasteiger partial charge in [-0.25, -0.2) is 9.59 Å². The van der Waals surface area contributed by atoms with Crippen molar-refractivity contribution < 1.29 is 14.7 Å². The number of carboxylic acids is 1. The SMILES string of the molecule is C#CCN(CCC)C(=O)N[C@H](C(=O)O)C(C)C. The van der Waals surface area contributed by atoms with Crippen LogP contribution in [0.25, 0.3) is 0 Å². The number of hydrogen-bond acceptors (Lipinski definition) is 2. The van der Waals surface area contributed by atoms with E-state index in [9.17, 15) is 9.59 Å². The molecule has 1 atom stereocenters. The predicted molar refractivity (Wildman–Crippen MR) is 65.5 cm³/mol. The third-order valence-corrected chi connectivity index (χ3v) is 2.27. The second-order valence-electron chi connectivity index (χ2n) is 4.14. The van der Waals surface area contributed by atoms with Gasteiger partial charge in [-0.3, -0.25) is 0 Å². The van der Waals surface area contributed by atoms with Crippen molar-refractivity contribution in [2.75, 3.05) is 13.1 Å². The third-order valence-electron chi connectivity index (χ3n) is 2.27. The molecule has 0 aliphatic carbocycles. The maximum atomic E-state index is 11.8. The molecule has 0 aliphatic rings. The molecule has 2 amide bonds. The Morgan fingerprint density at radius 2 is 2.06 bits per heavy atom. The minimum Gasteiger partial charge on any atom is -0.480 e. The first kappa shape index (κ1) is 15.3. The summed E-state index contributed by atoms with van der Waals surface area (Å²) in [7, 11) is 0. The molecule has 0 aromatic heterocycles. The first-order valence-corrected chi connectivity index (χ1v) is 5.65. The summed E-state index contributed by atoms with van der Waals surface area (Å²) < 4.78 is 0. The van der Waals surface area contributed by atoms with Crippen LogP contribution in [0.1, 0.15) is 27.2 Å². The molecule has 0 bridgehead atoms. The molecular formula is C12H20N2O3. The van der Waals surface area contributed by atoms with Gasteiger partial charge in [-0.15, -0.1) is 6.42 Å². The van der Waals surface area contributed by atoms with E-state index >= 15 is 0 Å². The highest BCUT2D eigenvalue weighted by Gasteiger charge is 2.25. The van der Waals surface area contributed by atoms with E-state index in [2.05, 4.69) is 11.2 Å². The van der Waals surface area contributed by atoms with Crippen molar-refractivity contribution in [1.29, 1.82) is 0 Å². The minimum atomic E-state index is -1.04. The Morgan fingerprint density at radius 1 is 1.47 bits per heavy atom. The van der Waals surface area contributed by atoms with E-state index in [1.807, 2.05) is 6.92 Å². The van der Waals surface area contributed by atoms with Crippen molar-refractivity contribution in [1.82, 2.24) is 10.2 Å². The number of rotatable bonds is 6. The second kappa shape index (κ2) is 7.55. The smallest absolute Gasteiger partial charge is 0.326 e. The molecule has 0 spiro atoms. The van der Waals surface area contributed by atoms with Crippen molar-refractivity contribution in [3.05, 3.63) is 0 Å². The van der Waals surface area contributed by atoms with E-state index in [1.54, 1.807) is 13.8 Å². The molecule has 96 valence electrons. The first-order valence-electron chi connectivity index (χ1n) is 5.65. The first-order chi connectivity index (χ1) is 7.93. The Balaban J connectivity index is 4.56. The zero-order chi connectivity index (χ0) is 13.4. The number of carboxylic acid groups (broad SMARTS) is 1. The topological polar surface area (TPSA) is 69.6 Å². The van der Waals surface area contributed by atoms with Gasteiger partial charge in [0, 0.05) is 6.54 Å². The van der Waals surface area contributed by atoms with Gasteiger partial charge >= 0.3 is 12.0 Å². The van der Waals surface area contributed by atoms with Gasteiger partial charge in [-0.05, 0) is 12.3 Å². The van der Waals surface area contributed by atoms with E-state index in [4.69, 9.17) is 11.5 Å². The lowest BCUT2D eigenvalue weighted by Gasteiger charge is -2.24. The molecule has 17 heavy (non-hydrogen) atoms. The van der Waals surface area contributed by atoms with E-state index < -0.39 is 18.0 Å². The molecule has 5 nitrogen and oxygen atoms in total. The van der Waals surface area contributed by atoms with Gasteiger partial charge in [0.25, 0.3) is 0 Å². The highest BCUT2D eigenvalue weighted by Crippen LogP contribution is 2.03. The number of aliphatic carboxylic acids is 1.